The Balaban J connectivity index is 1.65. The van der Waals surface area contributed by atoms with E-state index in [1.807, 2.05) is 99.6 Å². The van der Waals surface area contributed by atoms with E-state index >= 15 is 0 Å². The summed E-state index contributed by atoms with van der Waals surface area (Å²) in [6.07, 6.45) is 1.57. The molecule has 0 amide bonds. The van der Waals surface area contributed by atoms with Crippen LogP contribution in [0.3, 0.4) is 0 Å². The molecule has 1 atom stereocenters. The average molecular weight is 561 g/mol. The van der Waals surface area contributed by atoms with Gasteiger partial charge >= 0.3 is 12.1 Å². The summed E-state index contributed by atoms with van der Waals surface area (Å²) in [6, 6.07) is 37.2. The number of para-hydroxylation sites is 1. The van der Waals surface area contributed by atoms with Crippen molar-refractivity contribution in [2.24, 2.45) is 0 Å². The normalized spacial score (nSPS) is 12.6. The highest BCUT2D eigenvalue weighted by atomic mass is 16.6. The van der Waals surface area contributed by atoms with Gasteiger partial charge in [0.15, 0.2) is 0 Å². The Morgan fingerprint density at radius 2 is 1.21 bits per heavy atom. The minimum Gasteiger partial charge on any atom is -0.468 e. The molecule has 0 bridgehead atoms. The molecule has 0 aliphatic rings. The van der Waals surface area contributed by atoms with Crippen molar-refractivity contribution in [3.05, 3.63) is 144 Å². The van der Waals surface area contributed by atoms with Crippen LogP contribution in [0.1, 0.15) is 43.0 Å². The molecule has 0 unspecified atom stereocenters. The molecule has 6 nitrogen and oxygen atoms in total. The van der Waals surface area contributed by atoms with Crippen LogP contribution in [0.5, 0.6) is 0 Å². The summed E-state index contributed by atoms with van der Waals surface area (Å²) in [5.74, 6) is -0.406. The molecular formula is C36H36N2O4. The van der Waals surface area contributed by atoms with Gasteiger partial charge < -0.3 is 9.47 Å². The maximum atomic E-state index is 13.6. The molecule has 5 rings (SSSR count). The standard InChI is InChI=1S/C36H36N2O4/c1-35(2,3)42-34(40)38-25-26(30-22-14-15-23-32(30)38)24-31(33(39)41-4)37-36(27-16-8-5-9-17-27,28-18-10-6-11-19-28)29-20-12-7-13-21-29/h5-23,25,31,37H,24H2,1-4H3/t31-/m1/s1. The predicted octanol–water partition coefficient (Wildman–Crippen LogP) is 7.09. The van der Waals surface area contributed by atoms with Gasteiger partial charge in [0, 0.05) is 18.0 Å². The van der Waals surface area contributed by atoms with E-state index in [1.165, 1.54) is 11.7 Å². The van der Waals surface area contributed by atoms with Crippen LogP contribution in [0.15, 0.2) is 121 Å². The lowest BCUT2D eigenvalue weighted by Gasteiger charge is -2.39. The van der Waals surface area contributed by atoms with Crippen molar-refractivity contribution in [2.45, 2.75) is 44.4 Å². The van der Waals surface area contributed by atoms with Crippen LogP contribution in [0.25, 0.3) is 10.9 Å². The Morgan fingerprint density at radius 1 is 0.738 bits per heavy atom. The van der Waals surface area contributed by atoms with Crippen molar-refractivity contribution < 1.29 is 19.1 Å². The number of hydrogen-bond donors (Lipinski definition) is 1. The van der Waals surface area contributed by atoms with Gasteiger partial charge in [-0.15, -0.1) is 0 Å². The number of hydrogen-bond acceptors (Lipinski definition) is 5. The van der Waals surface area contributed by atoms with E-state index in [9.17, 15) is 9.59 Å². The summed E-state index contributed by atoms with van der Waals surface area (Å²) in [7, 11) is 1.40. The fourth-order valence-corrected chi connectivity index (χ4v) is 5.51. The number of benzene rings is 4. The molecule has 0 spiro atoms. The predicted molar refractivity (Wildman–Crippen MR) is 165 cm³/mol. The Labute approximate surface area is 246 Å². The van der Waals surface area contributed by atoms with Crippen LogP contribution in [-0.2, 0) is 26.2 Å². The molecule has 0 saturated heterocycles. The summed E-state index contributed by atoms with van der Waals surface area (Å²) in [5, 5.41) is 4.62. The summed E-state index contributed by atoms with van der Waals surface area (Å²) >= 11 is 0. The van der Waals surface area contributed by atoms with E-state index in [4.69, 9.17) is 9.47 Å². The molecule has 0 saturated carbocycles. The van der Waals surface area contributed by atoms with Gasteiger partial charge in [-0.05, 0) is 49.1 Å². The first kappa shape index (κ1) is 28.8. The number of ether oxygens (including phenoxy) is 2. The lowest BCUT2D eigenvalue weighted by Crippen LogP contribution is -2.53. The molecule has 4 aromatic carbocycles. The molecule has 0 fully saturated rings. The highest BCUT2D eigenvalue weighted by molar-refractivity contribution is 5.92. The lowest BCUT2D eigenvalue weighted by molar-refractivity contribution is -0.143. The maximum Gasteiger partial charge on any atom is 0.419 e. The first-order valence-corrected chi connectivity index (χ1v) is 14.1. The molecule has 0 aliphatic carbocycles. The molecule has 6 heteroatoms. The summed E-state index contributed by atoms with van der Waals surface area (Å²) in [6.45, 7) is 5.51. The quantitative estimate of drug-likeness (QED) is 0.162. The molecule has 1 N–H and O–H groups in total. The van der Waals surface area contributed by atoms with Crippen molar-refractivity contribution in [1.82, 2.24) is 9.88 Å². The van der Waals surface area contributed by atoms with Crippen LogP contribution in [0, 0.1) is 0 Å². The molecule has 42 heavy (non-hydrogen) atoms. The van der Waals surface area contributed by atoms with E-state index in [-0.39, 0.29) is 6.42 Å². The number of nitrogens with zero attached hydrogens (tertiary/aromatic N) is 1. The van der Waals surface area contributed by atoms with Gasteiger partial charge in [0.05, 0.1) is 18.2 Å². The minimum atomic E-state index is -0.883. The smallest absolute Gasteiger partial charge is 0.419 e. The highest BCUT2D eigenvalue weighted by Crippen LogP contribution is 2.38. The Hall–Kier alpha value is -4.68. The summed E-state index contributed by atoms with van der Waals surface area (Å²) < 4.78 is 12.6. The van der Waals surface area contributed by atoms with E-state index in [0.29, 0.717) is 5.52 Å². The van der Waals surface area contributed by atoms with Crippen LogP contribution in [0.2, 0.25) is 0 Å². The van der Waals surface area contributed by atoms with Gasteiger partial charge in [-0.1, -0.05) is 109 Å². The fourth-order valence-electron chi connectivity index (χ4n) is 5.51. The van der Waals surface area contributed by atoms with Crippen molar-refractivity contribution in [3.63, 3.8) is 0 Å². The Morgan fingerprint density at radius 3 is 1.69 bits per heavy atom. The second kappa shape index (κ2) is 12.0. The van der Waals surface area contributed by atoms with E-state index in [2.05, 4.69) is 41.7 Å². The van der Waals surface area contributed by atoms with E-state index in [0.717, 1.165) is 27.6 Å². The van der Waals surface area contributed by atoms with Gasteiger partial charge in [-0.2, -0.15) is 0 Å². The van der Waals surface area contributed by atoms with Gasteiger partial charge in [0.1, 0.15) is 11.6 Å². The highest BCUT2D eigenvalue weighted by Gasteiger charge is 2.40. The third kappa shape index (κ3) is 5.85. The van der Waals surface area contributed by atoms with E-state index < -0.39 is 29.2 Å². The maximum absolute atomic E-state index is 13.6. The number of esters is 1. The monoisotopic (exact) mass is 560 g/mol. The number of carbonyl (C=O) groups excluding carboxylic acids is 2. The SMILES string of the molecule is COC(=O)[C@@H](Cc1cn(C(=O)OC(C)(C)C)c2ccccc12)NC(c1ccccc1)(c1ccccc1)c1ccccc1. The van der Waals surface area contributed by atoms with Crippen molar-refractivity contribution in [3.8, 4) is 0 Å². The minimum absolute atomic E-state index is 0.275. The number of rotatable bonds is 8. The average Bonchev–Trinajstić information content (AvgIpc) is 3.38. The molecule has 0 aliphatic heterocycles. The first-order valence-electron chi connectivity index (χ1n) is 14.1. The Kier molecular flexibility index (Phi) is 8.27. The molecular weight excluding hydrogens is 524 g/mol. The number of nitrogens with one attached hydrogen (secondary N) is 1. The number of fused-ring (bicyclic) bond motifs is 1. The summed E-state index contributed by atoms with van der Waals surface area (Å²) in [5.41, 5.74) is 2.94. The molecule has 214 valence electrons. The number of methoxy groups -OCH3 is 1. The van der Waals surface area contributed by atoms with Crippen molar-refractivity contribution in [2.75, 3.05) is 7.11 Å². The van der Waals surface area contributed by atoms with Gasteiger partial charge in [0.25, 0.3) is 0 Å². The van der Waals surface area contributed by atoms with Crippen molar-refractivity contribution >= 4 is 23.0 Å². The first-order chi connectivity index (χ1) is 20.2. The molecule has 1 aromatic heterocycles. The molecule has 1 heterocycles. The van der Waals surface area contributed by atoms with Crippen LogP contribution >= 0.6 is 0 Å². The van der Waals surface area contributed by atoms with Crippen LogP contribution in [-0.4, -0.2) is 35.4 Å². The largest absolute Gasteiger partial charge is 0.468 e. The number of aromatic nitrogens is 1. The van der Waals surface area contributed by atoms with Crippen LogP contribution in [0.4, 0.5) is 4.79 Å². The zero-order valence-electron chi connectivity index (χ0n) is 24.4. The van der Waals surface area contributed by atoms with Gasteiger partial charge in [-0.3, -0.25) is 14.7 Å². The van der Waals surface area contributed by atoms with Crippen molar-refractivity contribution in [1.29, 1.82) is 0 Å². The number of carbonyl (C=O) groups is 2. The molecule has 5 aromatic rings. The van der Waals surface area contributed by atoms with Gasteiger partial charge in [0.2, 0.25) is 0 Å². The lowest BCUT2D eigenvalue weighted by atomic mass is 9.76. The summed E-state index contributed by atoms with van der Waals surface area (Å²) in [4.78, 5) is 26.8. The topological polar surface area (TPSA) is 69.6 Å². The molecule has 0 radical (unpaired) electrons. The zero-order chi connectivity index (χ0) is 29.7. The third-order valence-electron chi connectivity index (χ3n) is 7.31. The fraction of sp³-hybridized carbons (Fsp3) is 0.222. The van der Waals surface area contributed by atoms with Gasteiger partial charge in [-0.25, -0.2) is 4.79 Å². The van der Waals surface area contributed by atoms with Crippen LogP contribution < -0.4 is 5.32 Å². The third-order valence-corrected chi connectivity index (χ3v) is 7.31. The second-order valence-electron chi connectivity index (χ2n) is 11.3. The van der Waals surface area contributed by atoms with E-state index in [1.54, 1.807) is 6.20 Å². The zero-order valence-corrected chi connectivity index (χ0v) is 24.4. The Bertz CT molecular complexity index is 1560. The second-order valence-corrected chi connectivity index (χ2v) is 11.3.